The molecule has 29 heavy (non-hydrogen) atoms. The van der Waals surface area contributed by atoms with Gasteiger partial charge in [0.05, 0.1) is 19.4 Å². The van der Waals surface area contributed by atoms with Crippen LogP contribution in [0, 0.1) is 5.82 Å². The number of ether oxygens (including phenoxy) is 1. The van der Waals surface area contributed by atoms with Gasteiger partial charge in [-0.3, -0.25) is 9.59 Å². The summed E-state index contributed by atoms with van der Waals surface area (Å²) >= 11 is 0. The molecule has 2 amide bonds. The molecule has 0 aliphatic heterocycles. The van der Waals surface area contributed by atoms with E-state index in [-0.39, 0.29) is 37.3 Å². The predicted molar refractivity (Wildman–Crippen MR) is 105 cm³/mol. The van der Waals surface area contributed by atoms with Crippen molar-refractivity contribution in [1.82, 2.24) is 10.2 Å². The van der Waals surface area contributed by atoms with Crippen LogP contribution in [0.4, 0.5) is 4.39 Å². The minimum atomic E-state index is -0.308. The average molecular weight is 396 g/mol. The van der Waals surface area contributed by atoms with Crippen LogP contribution in [0.25, 0.3) is 0 Å². The topological polar surface area (TPSA) is 71.8 Å². The molecule has 0 fully saturated rings. The summed E-state index contributed by atoms with van der Waals surface area (Å²) in [7, 11) is 1.56. The molecule has 0 aliphatic rings. The maximum Gasteiger partial charge on any atom is 0.254 e. The number of carbonyl (C=O) groups is 2. The number of rotatable bonds is 8. The van der Waals surface area contributed by atoms with Crippen molar-refractivity contribution in [3.8, 4) is 5.75 Å². The molecule has 7 heteroatoms. The zero-order valence-electron chi connectivity index (χ0n) is 15.9. The smallest absolute Gasteiger partial charge is 0.254 e. The Hall–Kier alpha value is -3.61. The first-order chi connectivity index (χ1) is 14.0. The number of nitrogens with one attached hydrogen (secondary N) is 1. The zero-order valence-corrected chi connectivity index (χ0v) is 15.9. The number of amides is 2. The van der Waals surface area contributed by atoms with Crippen LogP contribution in [-0.4, -0.2) is 30.3 Å². The van der Waals surface area contributed by atoms with Crippen LogP contribution >= 0.6 is 0 Å². The Balaban J connectivity index is 1.53. The Morgan fingerprint density at radius 3 is 2.62 bits per heavy atom. The van der Waals surface area contributed by atoms with Crippen molar-refractivity contribution < 1.29 is 23.1 Å². The Kier molecular flexibility index (Phi) is 6.63. The minimum absolute atomic E-state index is 0.0831. The molecular formula is C22H21FN2O4. The Bertz CT molecular complexity index is 955. The normalized spacial score (nSPS) is 10.4. The molecule has 150 valence electrons. The summed E-state index contributed by atoms with van der Waals surface area (Å²) in [6.07, 6.45) is 1.53. The summed E-state index contributed by atoms with van der Waals surface area (Å²) in [5.41, 5.74) is 1.22. The van der Waals surface area contributed by atoms with Gasteiger partial charge in [0.2, 0.25) is 5.91 Å². The fraction of sp³-hybridized carbons (Fsp3) is 0.182. The van der Waals surface area contributed by atoms with E-state index in [4.69, 9.17) is 9.15 Å². The molecule has 1 N–H and O–H groups in total. The predicted octanol–water partition coefficient (Wildman–Crippen LogP) is 3.39. The molecule has 6 nitrogen and oxygen atoms in total. The van der Waals surface area contributed by atoms with E-state index < -0.39 is 0 Å². The molecule has 0 spiro atoms. The van der Waals surface area contributed by atoms with Crippen LogP contribution in [-0.2, 0) is 17.9 Å². The number of carbonyl (C=O) groups excluding carboxylic acids is 2. The van der Waals surface area contributed by atoms with Gasteiger partial charge in [-0.05, 0) is 48.0 Å². The van der Waals surface area contributed by atoms with Gasteiger partial charge >= 0.3 is 0 Å². The Labute approximate surface area is 167 Å². The SMILES string of the molecule is CN(CC(=O)NCc1ccco1)C(=O)c1cccc(OCc2ccc(F)cc2)c1. The number of hydrogen-bond donors (Lipinski definition) is 1. The van der Waals surface area contributed by atoms with Crippen LogP contribution in [0.1, 0.15) is 21.7 Å². The minimum Gasteiger partial charge on any atom is -0.489 e. The lowest BCUT2D eigenvalue weighted by Gasteiger charge is -2.17. The molecule has 3 aromatic rings. The lowest BCUT2D eigenvalue weighted by molar-refractivity contribution is -0.121. The van der Waals surface area contributed by atoms with Crippen molar-refractivity contribution in [3.63, 3.8) is 0 Å². The number of nitrogens with zero attached hydrogens (tertiary/aromatic N) is 1. The zero-order chi connectivity index (χ0) is 20.6. The highest BCUT2D eigenvalue weighted by Gasteiger charge is 2.15. The molecule has 0 radical (unpaired) electrons. The molecule has 0 aliphatic carbocycles. The van der Waals surface area contributed by atoms with Gasteiger partial charge in [0.25, 0.3) is 5.91 Å². The molecule has 0 bridgehead atoms. The molecular weight excluding hydrogens is 375 g/mol. The van der Waals surface area contributed by atoms with Gasteiger partial charge < -0.3 is 19.4 Å². The fourth-order valence-electron chi connectivity index (χ4n) is 2.63. The highest BCUT2D eigenvalue weighted by Crippen LogP contribution is 2.16. The number of halogens is 1. The largest absolute Gasteiger partial charge is 0.489 e. The van der Waals surface area contributed by atoms with E-state index in [9.17, 15) is 14.0 Å². The van der Waals surface area contributed by atoms with Crippen molar-refractivity contribution in [1.29, 1.82) is 0 Å². The number of hydrogen-bond acceptors (Lipinski definition) is 4. The first-order valence-electron chi connectivity index (χ1n) is 9.03. The van der Waals surface area contributed by atoms with Crippen molar-refractivity contribution in [3.05, 3.63) is 89.6 Å². The van der Waals surface area contributed by atoms with Gasteiger partial charge in [-0.25, -0.2) is 4.39 Å². The second-order valence-electron chi connectivity index (χ2n) is 6.46. The molecule has 0 unspecified atom stereocenters. The number of likely N-dealkylation sites (N-methyl/N-ethyl adjacent to an activating group) is 1. The molecule has 0 saturated carbocycles. The summed E-state index contributed by atoms with van der Waals surface area (Å²) in [4.78, 5) is 26.0. The van der Waals surface area contributed by atoms with E-state index in [0.29, 0.717) is 17.1 Å². The number of benzene rings is 2. The van der Waals surface area contributed by atoms with E-state index in [2.05, 4.69) is 5.32 Å². The van der Waals surface area contributed by atoms with Gasteiger partial charge in [0.15, 0.2) is 0 Å². The monoisotopic (exact) mass is 396 g/mol. The lowest BCUT2D eigenvalue weighted by atomic mass is 10.2. The summed E-state index contributed by atoms with van der Waals surface area (Å²) in [6, 6.07) is 16.2. The van der Waals surface area contributed by atoms with Crippen LogP contribution in [0.2, 0.25) is 0 Å². The molecule has 2 aromatic carbocycles. The maximum atomic E-state index is 13.0. The van der Waals surface area contributed by atoms with Crippen LogP contribution in [0.5, 0.6) is 5.75 Å². The summed E-state index contributed by atoms with van der Waals surface area (Å²) in [6.45, 7) is 0.434. The second-order valence-corrected chi connectivity index (χ2v) is 6.46. The van der Waals surface area contributed by atoms with E-state index in [0.717, 1.165) is 5.56 Å². The van der Waals surface area contributed by atoms with Gasteiger partial charge in [-0.1, -0.05) is 18.2 Å². The summed E-state index contributed by atoms with van der Waals surface area (Å²) in [5, 5.41) is 2.70. The third-order valence-corrected chi connectivity index (χ3v) is 4.17. The molecule has 3 rings (SSSR count). The summed E-state index contributed by atoms with van der Waals surface area (Å²) in [5.74, 6) is 0.248. The third kappa shape index (κ3) is 5.93. The Morgan fingerprint density at radius 1 is 1.10 bits per heavy atom. The third-order valence-electron chi connectivity index (χ3n) is 4.17. The molecule has 0 atom stereocenters. The molecule has 1 heterocycles. The molecule has 0 saturated heterocycles. The van der Waals surface area contributed by atoms with Gasteiger partial charge in [-0.15, -0.1) is 0 Å². The van der Waals surface area contributed by atoms with E-state index in [1.165, 1.54) is 23.3 Å². The summed E-state index contributed by atoms with van der Waals surface area (Å²) < 4.78 is 23.8. The average Bonchev–Trinajstić information content (AvgIpc) is 3.25. The molecule has 1 aromatic heterocycles. The van der Waals surface area contributed by atoms with Crippen LogP contribution < -0.4 is 10.1 Å². The van der Waals surface area contributed by atoms with Crippen LogP contribution in [0.15, 0.2) is 71.3 Å². The number of furan rings is 1. The second kappa shape index (κ2) is 9.54. The maximum absolute atomic E-state index is 13.0. The fourth-order valence-corrected chi connectivity index (χ4v) is 2.63. The van der Waals surface area contributed by atoms with Gasteiger partial charge in [0, 0.05) is 12.6 Å². The quantitative estimate of drug-likeness (QED) is 0.634. The van der Waals surface area contributed by atoms with Crippen molar-refractivity contribution in [2.45, 2.75) is 13.2 Å². The highest BCUT2D eigenvalue weighted by molar-refractivity contribution is 5.96. The van der Waals surface area contributed by atoms with E-state index >= 15 is 0 Å². The first kappa shape index (κ1) is 20.1. The van der Waals surface area contributed by atoms with Crippen molar-refractivity contribution >= 4 is 11.8 Å². The van der Waals surface area contributed by atoms with Crippen LogP contribution in [0.3, 0.4) is 0 Å². The van der Waals surface area contributed by atoms with Gasteiger partial charge in [-0.2, -0.15) is 0 Å². The highest BCUT2D eigenvalue weighted by atomic mass is 19.1. The van der Waals surface area contributed by atoms with Crippen molar-refractivity contribution in [2.24, 2.45) is 0 Å². The van der Waals surface area contributed by atoms with Gasteiger partial charge in [0.1, 0.15) is 23.9 Å². The standard InChI is InChI=1S/C22H21FN2O4/c1-25(14-21(26)24-13-20-6-3-11-28-20)22(27)17-4-2-5-19(12-17)29-15-16-7-9-18(23)10-8-16/h2-12H,13-15H2,1H3,(H,24,26). The Morgan fingerprint density at radius 2 is 1.90 bits per heavy atom. The van der Waals surface area contributed by atoms with E-state index in [1.54, 1.807) is 55.6 Å². The van der Waals surface area contributed by atoms with E-state index in [1.807, 2.05) is 0 Å². The lowest BCUT2D eigenvalue weighted by Crippen LogP contribution is -2.38. The first-order valence-corrected chi connectivity index (χ1v) is 9.03. The van der Waals surface area contributed by atoms with Crippen molar-refractivity contribution in [2.75, 3.05) is 13.6 Å².